The Hall–Kier alpha value is -0.120. The van der Waals surface area contributed by atoms with Crippen LogP contribution in [-0.4, -0.2) is 62.3 Å². The molecule has 0 unspecified atom stereocenters. The van der Waals surface area contributed by atoms with Crippen LogP contribution in [0.15, 0.2) is 0 Å². The number of hydrogen-bond acceptors (Lipinski definition) is 3. The second kappa shape index (κ2) is 10.8. The number of unbranched alkanes of at least 4 members (excludes halogenated alkanes) is 3. The molecular formula is C15H32N2O. The molecule has 1 fully saturated rings. The van der Waals surface area contributed by atoms with E-state index in [-0.39, 0.29) is 0 Å². The highest BCUT2D eigenvalue weighted by Gasteiger charge is 2.15. The summed E-state index contributed by atoms with van der Waals surface area (Å²) < 4.78 is 5.36. The molecule has 108 valence electrons. The van der Waals surface area contributed by atoms with Crippen LogP contribution in [0.1, 0.15) is 46.0 Å². The summed E-state index contributed by atoms with van der Waals surface area (Å²) >= 11 is 0. The van der Waals surface area contributed by atoms with Crippen molar-refractivity contribution in [3.8, 4) is 0 Å². The van der Waals surface area contributed by atoms with E-state index in [1.807, 2.05) is 0 Å². The van der Waals surface area contributed by atoms with Crippen LogP contribution in [0, 0.1) is 0 Å². The quantitative estimate of drug-likeness (QED) is 0.559. The van der Waals surface area contributed by atoms with Crippen LogP contribution in [0.3, 0.4) is 0 Å². The van der Waals surface area contributed by atoms with E-state index < -0.39 is 0 Å². The lowest BCUT2D eigenvalue weighted by atomic mass is 10.2. The van der Waals surface area contributed by atoms with Gasteiger partial charge in [-0.1, -0.05) is 13.3 Å². The first-order valence-electron chi connectivity index (χ1n) is 7.89. The Bertz CT molecular complexity index is 179. The molecule has 3 nitrogen and oxygen atoms in total. The molecule has 0 radical (unpaired) electrons. The summed E-state index contributed by atoms with van der Waals surface area (Å²) in [5, 5.41) is 0. The standard InChI is InChI=1S/C15H32N2O/c1-3-5-9-16-11-13-17(14-12-16)10-7-6-8-15-18-4-2/h3-15H2,1-2H3. The van der Waals surface area contributed by atoms with E-state index in [1.54, 1.807) is 0 Å². The first kappa shape index (κ1) is 15.9. The van der Waals surface area contributed by atoms with Gasteiger partial charge < -0.3 is 14.5 Å². The first-order chi connectivity index (χ1) is 8.86. The van der Waals surface area contributed by atoms with Gasteiger partial charge in [0.1, 0.15) is 0 Å². The summed E-state index contributed by atoms with van der Waals surface area (Å²) in [6.07, 6.45) is 6.56. The molecule has 1 aliphatic rings. The van der Waals surface area contributed by atoms with E-state index in [0.717, 1.165) is 13.2 Å². The number of ether oxygens (including phenoxy) is 1. The predicted octanol–water partition coefficient (Wildman–Crippen LogP) is 2.61. The van der Waals surface area contributed by atoms with E-state index in [2.05, 4.69) is 23.6 Å². The molecule has 1 saturated heterocycles. The van der Waals surface area contributed by atoms with Crippen molar-refractivity contribution in [2.45, 2.75) is 46.0 Å². The summed E-state index contributed by atoms with van der Waals surface area (Å²) in [6.45, 7) is 13.8. The van der Waals surface area contributed by atoms with Crippen LogP contribution in [0.2, 0.25) is 0 Å². The van der Waals surface area contributed by atoms with Crippen LogP contribution in [-0.2, 0) is 4.74 Å². The Morgan fingerprint density at radius 2 is 1.39 bits per heavy atom. The minimum Gasteiger partial charge on any atom is -0.382 e. The maximum absolute atomic E-state index is 5.36. The predicted molar refractivity (Wildman–Crippen MR) is 78.1 cm³/mol. The number of piperazine rings is 1. The van der Waals surface area contributed by atoms with Crippen molar-refractivity contribution in [3.63, 3.8) is 0 Å². The lowest BCUT2D eigenvalue weighted by molar-refractivity contribution is 0.124. The lowest BCUT2D eigenvalue weighted by Gasteiger charge is -2.34. The summed E-state index contributed by atoms with van der Waals surface area (Å²) in [5.74, 6) is 0. The van der Waals surface area contributed by atoms with Crippen molar-refractivity contribution in [2.24, 2.45) is 0 Å². The van der Waals surface area contributed by atoms with E-state index in [0.29, 0.717) is 0 Å². The van der Waals surface area contributed by atoms with Gasteiger partial charge in [0.25, 0.3) is 0 Å². The molecule has 18 heavy (non-hydrogen) atoms. The average molecular weight is 256 g/mol. The van der Waals surface area contributed by atoms with Crippen LogP contribution in [0.4, 0.5) is 0 Å². The molecular weight excluding hydrogens is 224 g/mol. The highest BCUT2D eigenvalue weighted by atomic mass is 16.5. The van der Waals surface area contributed by atoms with E-state index >= 15 is 0 Å². The summed E-state index contributed by atoms with van der Waals surface area (Å²) in [7, 11) is 0. The van der Waals surface area contributed by atoms with Crippen LogP contribution >= 0.6 is 0 Å². The van der Waals surface area contributed by atoms with Gasteiger partial charge in [-0.25, -0.2) is 0 Å². The van der Waals surface area contributed by atoms with E-state index in [9.17, 15) is 0 Å². The molecule has 0 aromatic carbocycles. The third kappa shape index (κ3) is 7.34. The molecule has 1 rings (SSSR count). The molecule has 0 bridgehead atoms. The van der Waals surface area contributed by atoms with Gasteiger partial charge in [-0.3, -0.25) is 0 Å². The van der Waals surface area contributed by atoms with E-state index in [4.69, 9.17) is 4.74 Å². The van der Waals surface area contributed by atoms with Crippen molar-refractivity contribution in [2.75, 3.05) is 52.5 Å². The lowest BCUT2D eigenvalue weighted by Crippen LogP contribution is -2.46. The van der Waals surface area contributed by atoms with Crippen molar-refractivity contribution < 1.29 is 4.74 Å². The molecule has 0 aromatic rings. The highest BCUT2D eigenvalue weighted by Crippen LogP contribution is 2.06. The van der Waals surface area contributed by atoms with Crippen molar-refractivity contribution >= 4 is 0 Å². The van der Waals surface area contributed by atoms with Crippen molar-refractivity contribution in [1.29, 1.82) is 0 Å². The van der Waals surface area contributed by atoms with E-state index in [1.165, 1.54) is 71.4 Å². The zero-order chi connectivity index (χ0) is 13.1. The summed E-state index contributed by atoms with van der Waals surface area (Å²) in [5.41, 5.74) is 0. The van der Waals surface area contributed by atoms with Crippen LogP contribution in [0.25, 0.3) is 0 Å². The number of hydrogen-bond donors (Lipinski definition) is 0. The fraction of sp³-hybridized carbons (Fsp3) is 1.00. The summed E-state index contributed by atoms with van der Waals surface area (Å²) in [4.78, 5) is 5.25. The van der Waals surface area contributed by atoms with Crippen molar-refractivity contribution in [1.82, 2.24) is 9.80 Å². The molecule has 0 spiro atoms. The molecule has 1 heterocycles. The second-order valence-electron chi connectivity index (χ2n) is 5.29. The van der Waals surface area contributed by atoms with Crippen molar-refractivity contribution in [3.05, 3.63) is 0 Å². The van der Waals surface area contributed by atoms with Crippen LogP contribution < -0.4 is 0 Å². The molecule has 0 atom stereocenters. The second-order valence-corrected chi connectivity index (χ2v) is 5.29. The normalized spacial score (nSPS) is 18.3. The van der Waals surface area contributed by atoms with Gasteiger partial charge in [-0.2, -0.15) is 0 Å². The molecule has 0 amide bonds. The van der Waals surface area contributed by atoms with Gasteiger partial charge in [0.15, 0.2) is 0 Å². The molecule has 0 aliphatic carbocycles. The Balaban J connectivity index is 1.92. The molecule has 0 aromatic heterocycles. The third-order valence-corrected chi connectivity index (χ3v) is 3.76. The van der Waals surface area contributed by atoms with Gasteiger partial charge in [-0.15, -0.1) is 0 Å². The molecule has 0 N–H and O–H groups in total. The van der Waals surface area contributed by atoms with Gasteiger partial charge in [0.05, 0.1) is 0 Å². The number of rotatable bonds is 10. The monoisotopic (exact) mass is 256 g/mol. The SMILES string of the molecule is CCCCN1CCN(CCCCCOCC)CC1. The average Bonchev–Trinajstić information content (AvgIpc) is 2.42. The maximum atomic E-state index is 5.36. The topological polar surface area (TPSA) is 15.7 Å². The van der Waals surface area contributed by atoms with Gasteiger partial charge >= 0.3 is 0 Å². The molecule has 3 heteroatoms. The highest BCUT2D eigenvalue weighted by molar-refractivity contribution is 4.71. The Morgan fingerprint density at radius 3 is 1.94 bits per heavy atom. The van der Waals surface area contributed by atoms with Crippen LogP contribution in [0.5, 0.6) is 0 Å². The Morgan fingerprint density at radius 1 is 0.778 bits per heavy atom. The first-order valence-corrected chi connectivity index (χ1v) is 7.89. The smallest absolute Gasteiger partial charge is 0.0465 e. The number of nitrogens with zero attached hydrogens (tertiary/aromatic N) is 2. The van der Waals surface area contributed by atoms with Gasteiger partial charge in [0.2, 0.25) is 0 Å². The third-order valence-electron chi connectivity index (χ3n) is 3.76. The maximum Gasteiger partial charge on any atom is 0.0465 e. The largest absolute Gasteiger partial charge is 0.382 e. The molecule has 0 saturated carbocycles. The minimum atomic E-state index is 0.861. The molecule has 1 aliphatic heterocycles. The fourth-order valence-electron chi connectivity index (χ4n) is 2.48. The minimum absolute atomic E-state index is 0.861. The van der Waals surface area contributed by atoms with Gasteiger partial charge in [0, 0.05) is 39.4 Å². The summed E-state index contributed by atoms with van der Waals surface area (Å²) in [6, 6.07) is 0. The Kier molecular flexibility index (Phi) is 9.54. The Labute approximate surface area is 113 Å². The fourth-order valence-corrected chi connectivity index (χ4v) is 2.48. The zero-order valence-corrected chi connectivity index (χ0v) is 12.5. The van der Waals surface area contributed by atoms with Gasteiger partial charge in [-0.05, 0) is 45.7 Å². The zero-order valence-electron chi connectivity index (χ0n) is 12.5.